The van der Waals surface area contributed by atoms with Crippen molar-refractivity contribution in [1.82, 2.24) is 24.8 Å². The Morgan fingerprint density at radius 1 is 1.28 bits per heavy atom. The van der Waals surface area contributed by atoms with E-state index in [1.54, 1.807) is 6.20 Å². The average molecular weight is 247 g/mol. The molecular formula is C13H21N5. The quantitative estimate of drug-likeness (QED) is 0.787. The number of H-pyrrole nitrogens is 1. The van der Waals surface area contributed by atoms with Crippen molar-refractivity contribution in [3.8, 4) is 0 Å². The van der Waals surface area contributed by atoms with Gasteiger partial charge in [-0.05, 0) is 19.4 Å². The third kappa shape index (κ3) is 2.79. The van der Waals surface area contributed by atoms with E-state index in [2.05, 4.69) is 38.7 Å². The number of aromatic nitrogens is 4. The molecule has 2 rings (SSSR count). The van der Waals surface area contributed by atoms with Crippen LogP contribution in [0.15, 0.2) is 24.8 Å². The van der Waals surface area contributed by atoms with E-state index >= 15 is 0 Å². The van der Waals surface area contributed by atoms with E-state index < -0.39 is 0 Å². The second-order valence-electron chi connectivity index (χ2n) is 4.34. The molecule has 98 valence electrons. The smallest absolute Gasteiger partial charge is 0.133 e. The topological polar surface area (TPSA) is 58.5 Å². The lowest BCUT2D eigenvalue weighted by Crippen LogP contribution is -2.27. The molecule has 0 bridgehead atoms. The van der Waals surface area contributed by atoms with E-state index in [0.29, 0.717) is 0 Å². The van der Waals surface area contributed by atoms with Crippen LogP contribution in [0.3, 0.4) is 0 Å². The summed E-state index contributed by atoms with van der Waals surface area (Å²) >= 11 is 0. The van der Waals surface area contributed by atoms with Crippen molar-refractivity contribution in [3.63, 3.8) is 0 Å². The van der Waals surface area contributed by atoms with E-state index in [4.69, 9.17) is 0 Å². The standard InChI is InChI=1S/C13H21N5/c1-3-5-14-11(12-15-6-7-16-12)13-17-8-10-18(13)9-4-2/h6-8,10-11,14H,3-5,9H2,1-2H3,(H,15,16). The van der Waals surface area contributed by atoms with Crippen molar-refractivity contribution >= 4 is 0 Å². The third-order valence-corrected chi connectivity index (χ3v) is 2.86. The Hall–Kier alpha value is -1.62. The highest BCUT2D eigenvalue weighted by Gasteiger charge is 2.20. The zero-order chi connectivity index (χ0) is 12.8. The van der Waals surface area contributed by atoms with Crippen LogP contribution in [0, 0.1) is 0 Å². The molecule has 18 heavy (non-hydrogen) atoms. The highest BCUT2D eigenvalue weighted by atomic mass is 15.1. The van der Waals surface area contributed by atoms with Crippen molar-refractivity contribution in [1.29, 1.82) is 0 Å². The predicted molar refractivity (Wildman–Crippen MR) is 71.2 cm³/mol. The lowest BCUT2D eigenvalue weighted by molar-refractivity contribution is 0.514. The Morgan fingerprint density at radius 2 is 2.17 bits per heavy atom. The first-order valence-electron chi connectivity index (χ1n) is 6.60. The van der Waals surface area contributed by atoms with Crippen LogP contribution in [0.25, 0.3) is 0 Å². The van der Waals surface area contributed by atoms with Crippen molar-refractivity contribution in [2.24, 2.45) is 0 Å². The molecule has 5 nitrogen and oxygen atoms in total. The number of imidazole rings is 2. The number of rotatable bonds is 7. The van der Waals surface area contributed by atoms with Crippen molar-refractivity contribution in [2.75, 3.05) is 6.54 Å². The van der Waals surface area contributed by atoms with E-state index in [1.165, 1.54) is 0 Å². The van der Waals surface area contributed by atoms with Gasteiger partial charge in [0.1, 0.15) is 17.7 Å². The number of hydrogen-bond donors (Lipinski definition) is 2. The molecule has 0 radical (unpaired) electrons. The van der Waals surface area contributed by atoms with Gasteiger partial charge in [0, 0.05) is 31.3 Å². The molecular weight excluding hydrogens is 226 g/mol. The van der Waals surface area contributed by atoms with Crippen molar-refractivity contribution in [2.45, 2.75) is 39.3 Å². The van der Waals surface area contributed by atoms with Crippen molar-refractivity contribution in [3.05, 3.63) is 36.4 Å². The Labute approximate surface area is 108 Å². The molecule has 0 aliphatic carbocycles. The molecule has 5 heteroatoms. The Morgan fingerprint density at radius 3 is 2.83 bits per heavy atom. The molecule has 2 aromatic rings. The van der Waals surface area contributed by atoms with Gasteiger partial charge in [0.2, 0.25) is 0 Å². The maximum Gasteiger partial charge on any atom is 0.133 e. The summed E-state index contributed by atoms with van der Waals surface area (Å²) in [4.78, 5) is 12.0. The largest absolute Gasteiger partial charge is 0.347 e. The van der Waals surface area contributed by atoms with Crippen LogP contribution >= 0.6 is 0 Å². The summed E-state index contributed by atoms with van der Waals surface area (Å²) in [6, 6.07) is 0.0431. The molecule has 0 amide bonds. The van der Waals surface area contributed by atoms with Gasteiger partial charge in [-0.2, -0.15) is 0 Å². The summed E-state index contributed by atoms with van der Waals surface area (Å²) in [6.45, 7) is 6.26. The molecule has 1 atom stereocenters. The molecule has 2 N–H and O–H groups in total. The molecule has 1 unspecified atom stereocenters. The number of nitrogens with zero attached hydrogens (tertiary/aromatic N) is 3. The molecule has 0 saturated heterocycles. The molecule has 0 aliphatic rings. The van der Waals surface area contributed by atoms with E-state index in [-0.39, 0.29) is 6.04 Å². The van der Waals surface area contributed by atoms with Gasteiger partial charge in [0.05, 0.1) is 0 Å². The van der Waals surface area contributed by atoms with Crippen LogP contribution < -0.4 is 5.32 Å². The van der Waals surface area contributed by atoms with Gasteiger partial charge in [-0.3, -0.25) is 0 Å². The molecule has 0 aromatic carbocycles. The summed E-state index contributed by atoms with van der Waals surface area (Å²) < 4.78 is 2.19. The zero-order valence-electron chi connectivity index (χ0n) is 11.1. The first-order chi connectivity index (χ1) is 8.86. The average Bonchev–Trinajstić information content (AvgIpc) is 3.02. The minimum atomic E-state index is 0.0431. The monoisotopic (exact) mass is 247 g/mol. The summed E-state index contributed by atoms with van der Waals surface area (Å²) in [6.07, 6.45) is 9.71. The molecule has 2 heterocycles. The fourth-order valence-corrected chi connectivity index (χ4v) is 2.05. The van der Waals surface area contributed by atoms with Crippen LogP contribution in [-0.4, -0.2) is 26.1 Å². The van der Waals surface area contributed by atoms with Crippen LogP contribution in [-0.2, 0) is 6.54 Å². The van der Waals surface area contributed by atoms with Gasteiger partial charge in [0.25, 0.3) is 0 Å². The molecule has 0 aliphatic heterocycles. The van der Waals surface area contributed by atoms with Gasteiger partial charge >= 0.3 is 0 Å². The Kier molecular flexibility index (Phi) is 4.52. The van der Waals surface area contributed by atoms with Crippen LogP contribution in [0.2, 0.25) is 0 Å². The molecule has 0 spiro atoms. The van der Waals surface area contributed by atoms with Crippen molar-refractivity contribution < 1.29 is 0 Å². The minimum Gasteiger partial charge on any atom is -0.347 e. The van der Waals surface area contributed by atoms with Crippen LogP contribution in [0.1, 0.15) is 44.4 Å². The molecule has 0 saturated carbocycles. The van der Waals surface area contributed by atoms with E-state index in [0.717, 1.165) is 37.6 Å². The maximum atomic E-state index is 4.48. The highest BCUT2D eigenvalue weighted by molar-refractivity contribution is 5.11. The second kappa shape index (κ2) is 6.35. The molecule has 0 fully saturated rings. The maximum absolute atomic E-state index is 4.48. The van der Waals surface area contributed by atoms with Gasteiger partial charge < -0.3 is 14.9 Å². The zero-order valence-corrected chi connectivity index (χ0v) is 11.1. The summed E-state index contributed by atoms with van der Waals surface area (Å²) in [7, 11) is 0. The van der Waals surface area contributed by atoms with Gasteiger partial charge in [-0.1, -0.05) is 13.8 Å². The third-order valence-electron chi connectivity index (χ3n) is 2.86. The summed E-state index contributed by atoms with van der Waals surface area (Å²) in [5.74, 6) is 1.95. The van der Waals surface area contributed by atoms with Crippen LogP contribution in [0.5, 0.6) is 0 Å². The van der Waals surface area contributed by atoms with E-state index in [9.17, 15) is 0 Å². The SMILES string of the molecule is CCCNC(c1ncc[nH]1)c1nccn1CCC. The minimum absolute atomic E-state index is 0.0431. The number of hydrogen-bond acceptors (Lipinski definition) is 3. The predicted octanol–water partition coefficient (Wildman–Crippen LogP) is 2.11. The molecule has 2 aromatic heterocycles. The lowest BCUT2D eigenvalue weighted by atomic mass is 10.2. The number of aryl methyl sites for hydroxylation is 1. The first kappa shape index (κ1) is 12.8. The van der Waals surface area contributed by atoms with Crippen LogP contribution in [0.4, 0.5) is 0 Å². The number of aromatic amines is 1. The Bertz CT molecular complexity index is 446. The highest BCUT2D eigenvalue weighted by Crippen LogP contribution is 2.17. The number of nitrogens with one attached hydrogen (secondary N) is 2. The summed E-state index contributed by atoms with van der Waals surface area (Å²) in [5.41, 5.74) is 0. The van der Waals surface area contributed by atoms with Gasteiger partial charge in [-0.25, -0.2) is 9.97 Å². The normalized spacial score (nSPS) is 12.8. The second-order valence-corrected chi connectivity index (χ2v) is 4.34. The lowest BCUT2D eigenvalue weighted by Gasteiger charge is -2.17. The fourth-order valence-electron chi connectivity index (χ4n) is 2.05. The summed E-state index contributed by atoms with van der Waals surface area (Å²) in [5, 5.41) is 3.50. The Balaban J connectivity index is 2.24. The fraction of sp³-hybridized carbons (Fsp3) is 0.538. The van der Waals surface area contributed by atoms with Gasteiger partial charge in [0.15, 0.2) is 0 Å². The first-order valence-corrected chi connectivity index (χ1v) is 6.60. The van der Waals surface area contributed by atoms with E-state index in [1.807, 2.05) is 18.6 Å². The van der Waals surface area contributed by atoms with Gasteiger partial charge in [-0.15, -0.1) is 0 Å².